The van der Waals surface area contributed by atoms with E-state index in [0.29, 0.717) is 25.9 Å². The normalized spacial score (nSPS) is 13.7. The Morgan fingerprint density at radius 2 is 1.33 bits per heavy atom. The fraction of sp³-hybridized carbons (Fsp3) is 0.326. The van der Waals surface area contributed by atoms with E-state index in [1.54, 1.807) is 6.92 Å². The van der Waals surface area contributed by atoms with Gasteiger partial charge in [0.2, 0.25) is 0 Å². The summed E-state index contributed by atoms with van der Waals surface area (Å²) in [7, 11) is 0. The summed E-state index contributed by atoms with van der Waals surface area (Å²) in [6.07, 6.45) is 4.19. The summed E-state index contributed by atoms with van der Waals surface area (Å²) in [5.74, 6) is -1.14. The van der Waals surface area contributed by atoms with E-state index in [0.717, 1.165) is 64.3 Å². The van der Waals surface area contributed by atoms with Gasteiger partial charge < -0.3 is 14.8 Å². The molecule has 0 bridgehead atoms. The fourth-order valence-corrected chi connectivity index (χ4v) is 6.64. The lowest BCUT2D eigenvalue weighted by atomic mass is 9.78. The highest BCUT2D eigenvalue weighted by molar-refractivity contribution is 5.81. The van der Waals surface area contributed by atoms with Gasteiger partial charge in [-0.15, -0.1) is 0 Å². The first-order chi connectivity index (χ1) is 23.9. The maximum absolute atomic E-state index is 13.7. The Morgan fingerprint density at radius 1 is 0.735 bits per heavy atom. The van der Waals surface area contributed by atoms with Crippen LogP contribution in [0.1, 0.15) is 82.3 Å². The number of hydrogen-bond acceptors (Lipinski definition) is 4. The number of unbranched alkanes of at least 4 members (excludes halogenated alkanes) is 1. The molecule has 0 radical (unpaired) electrons. The number of aromatic nitrogens is 2. The Labute approximate surface area is 290 Å². The minimum atomic E-state index is -0.824. The molecule has 0 aliphatic rings. The maximum Gasteiger partial charge on any atom is 0.308 e. The van der Waals surface area contributed by atoms with Crippen molar-refractivity contribution < 1.29 is 19.4 Å². The van der Waals surface area contributed by atoms with E-state index in [-0.39, 0.29) is 23.7 Å². The van der Waals surface area contributed by atoms with Crippen LogP contribution in [0.4, 0.5) is 0 Å². The zero-order valence-electron chi connectivity index (χ0n) is 28.8. The van der Waals surface area contributed by atoms with Crippen LogP contribution >= 0.6 is 0 Å². The second kappa shape index (κ2) is 17.4. The molecular weight excluding hydrogens is 608 g/mol. The van der Waals surface area contributed by atoms with Gasteiger partial charge in [0.1, 0.15) is 5.82 Å². The summed E-state index contributed by atoms with van der Waals surface area (Å²) in [6, 6.07) is 38.9. The molecule has 0 saturated heterocycles. The van der Waals surface area contributed by atoms with E-state index >= 15 is 0 Å². The summed E-state index contributed by atoms with van der Waals surface area (Å²) < 4.78 is 5.84. The number of H-pyrrole nitrogens is 1. The van der Waals surface area contributed by atoms with Crippen LogP contribution in [0.3, 0.4) is 0 Å². The number of aliphatic carboxylic acids is 1. The minimum absolute atomic E-state index is 0.0872. The molecule has 2 N–H and O–H groups in total. The summed E-state index contributed by atoms with van der Waals surface area (Å²) in [4.78, 5) is 34.4. The van der Waals surface area contributed by atoms with Crippen molar-refractivity contribution in [3.8, 4) is 33.9 Å². The summed E-state index contributed by atoms with van der Waals surface area (Å²) in [6.45, 7) is 6.38. The number of aromatic amines is 1. The lowest BCUT2D eigenvalue weighted by Crippen LogP contribution is -2.24. The van der Waals surface area contributed by atoms with Crippen molar-refractivity contribution in [1.29, 1.82) is 0 Å². The van der Waals surface area contributed by atoms with Crippen LogP contribution in [-0.4, -0.2) is 33.6 Å². The molecule has 0 amide bonds. The topological polar surface area (TPSA) is 92.3 Å². The maximum atomic E-state index is 13.7. The van der Waals surface area contributed by atoms with Crippen molar-refractivity contribution in [3.63, 3.8) is 0 Å². The number of nitrogens with one attached hydrogen (secondary N) is 1. The molecule has 1 aromatic heterocycles. The molecule has 0 aliphatic carbocycles. The first-order valence-electron chi connectivity index (χ1n) is 17.6. The number of ether oxygens (including phenoxy) is 1. The lowest BCUT2D eigenvalue weighted by Gasteiger charge is -2.27. The van der Waals surface area contributed by atoms with E-state index in [9.17, 15) is 14.7 Å². The van der Waals surface area contributed by atoms with Crippen LogP contribution in [-0.2, 0) is 14.3 Å². The third kappa shape index (κ3) is 9.35. The predicted molar refractivity (Wildman–Crippen MR) is 197 cm³/mol. The summed E-state index contributed by atoms with van der Waals surface area (Å²) >= 11 is 0. The molecular formula is C43H48N2O4. The van der Waals surface area contributed by atoms with Crippen molar-refractivity contribution in [1.82, 2.24) is 9.97 Å². The first-order valence-corrected chi connectivity index (χ1v) is 17.6. The number of carbonyl (C=O) groups is 2. The number of carboxylic acid groups (broad SMARTS) is 1. The average molecular weight is 657 g/mol. The fourth-order valence-electron chi connectivity index (χ4n) is 6.64. The molecule has 4 atom stereocenters. The van der Waals surface area contributed by atoms with Gasteiger partial charge in [0, 0.05) is 16.7 Å². The second-order valence-corrected chi connectivity index (χ2v) is 13.0. The van der Waals surface area contributed by atoms with Crippen molar-refractivity contribution in [2.75, 3.05) is 6.61 Å². The molecule has 4 aromatic carbocycles. The molecule has 0 aliphatic heterocycles. The molecule has 6 nitrogen and oxygen atoms in total. The van der Waals surface area contributed by atoms with E-state index in [4.69, 9.17) is 9.72 Å². The lowest BCUT2D eigenvalue weighted by molar-refractivity contribution is -0.149. The standard InChI is InChI=1S/C43H48N2O4/c1-4-6-25-49-43(48)38(29-37(26-30(3)42(46)47)32-17-10-7-11-18-32)27-31(5-2)35-23-16-24-36(28-35)41-44-39(33-19-12-8-13-20-33)40(45-41)34-21-14-9-15-22-34/h7-24,28,30-31,37-38H,4-6,25-27,29H2,1-3H3,(H,44,45)(H,46,47). The van der Waals surface area contributed by atoms with Crippen LogP contribution in [0.5, 0.6) is 0 Å². The van der Waals surface area contributed by atoms with Crippen molar-refractivity contribution in [2.24, 2.45) is 11.8 Å². The SMILES string of the molecule is CCCCOC(=O)C(CC(CC)c1cccc(-c2nc(-c3ccccc3)c(-c3ccccc3)[nH]2)c1)CC(CC(C)C(=O)O)c1ccccc1. The van der Waals surface area contributed by atoms with Crippen molar-refractivity contribution >= 4 is 11.9 Å². The second-order valence-electron chi connectivity index (χ2n) is 13.0. The van der Waals surface area contributed by atoms with Crippen LogP contribution in [0.25, 0.3) is 33.9 Å². The highest BCUT2D eigenvalue weighted by Gasteiger charge is 2.30. The van der Waals surface area contributed by atoms with E-state index in [1.807, 2.05) is 66.7 Å². The number of esters is 1. The highest BCUT2D eigenvalue weighted by Crippen LogP contribution is 2.38. The molecule has 5 aromatic rings. The number of nitrogens with zero attached hydrogens (tertiary/aromatic N) is 1. The average Bonchev–Trinajstić information content (AvgIpc) is 3.60. The van der Waals surface area contributed by atoms with Gasteiger partial charge in [0.05, 0.1) is 29.8 Å². The Kier molecular flexibility index (Phi) is 12.6. The number of carboxylic acids is 1. The van der Waals surface area contributed by atoms with Crippen LogP contribution < -0.4 is 0 Å². The minimum Gasteiger partial charge on any atom is -0.481 e. The van der Waals surface area contributed by atoms with Gasteiger partial charge >= 0.3 is 11.9 Å². The van der Waals surface area contributed by atoms with Crippen LogP contribution in [0.15, 0.2) is 115 Å². The van der Waals surface area contributed by atoms with Gasteiger partial charge in [0.25, 0.3) is 0 Å². The molecule has 4 unspecified atom stereocenters. The Balaban J connectivity index is 1.46. The molecule has 1 heterocycles. The van der Waals surface area contributed by atoms with E-state index < -0.39 is 11.9 Å². The smallest absolute Gasteiger partial charge is 0.308 e. The number of benzene rings is 4. The molecule has 5 rings (SSSR count). The summed E-state index contributed by atoms with van der Waals surface area (Å²) in [5.41, 5.74) is 7.15. The molecule has 49 heavy (non-hydrogen) atoms. The van der Waals surface area contributed by atoms with Crippen molar-refractivity contribution in [2.45, 2.75) is 71.1 Å². The third-order valence-electron chi connectivity index (χ3n) is 9.48. The Morgan fingerprint density at radius 3 is 1.96 bits per heavy atom. The zero-order chi connectivity index (χ0) is 34.6. The number of hydrogen-bond donors (Lipinski definition) is 2. The van der Waals surface area contributed by atoms with Gasteiger partial charge in [-0.25, -0.2) is 4.98 Å². The van der Waals surface area contributed by atoms with Crippen LogP contribution in [0.2, 0.25) is 0 Å². The van der Waals surface area contributed by atoms with Gasteiger partial charge in [-0.05, 0) is 61.1 Å². The van der Waals surface area contributed by atoms with Crippen LogP contribution in [0, 0.1) is 11.8 Å². The van der Waals surface area contributed by atoms with Gasteiger partial charge in [-0.3, -0.25) is 9.59 Å². The first kappa shape index (κ1) is 35.3. The van der Waals surface area contributed by atoms with Crippen molar-refractivity contribution in [3.05, 3.63) is 126 Å². The largest absolute Gasteiger partial charge is 0.481 e. The van der Waals surface area contributed by atoms with Gasteiger partial charge in [0.15, 0.2) is 0 Å². The number of carbonyl (C=O) groups excluding carboxylic acids is 1. The monoisotopic (exact) mass is 656 g/mol. The molecule has 0 saturated carbocycles. The van der Waals surface area contributed by atoms with E-state index in [1.165, 1.54) is 0 Å². The Hall–Kier alpha value is -4.97. The molecule has 6 heteroatoms. The number of rotatable bonds is 17. The molecule has 254 valence electrons. The Bertz CT molecular complexity index is 1710. The quantitative estimate of drug-likeness (QED) is 0.0767. The molecule has 0 fully saturated rings. The highest BCUT2D eigenvalue weighted by atomic mass is 16.5. The molecule has 0 spiro atoms. The van der Waals surface area contributed by atoms with Gasteiger partial charge in [-0.1, -0.05) is 136 Å². The summed E-state index contributed by atoms with van der Waals surface area (Å²) in [5, 5.41) is 9.77. The third-order valence-corrected chi connectivity index (χ3v) is 9.48. The number of imidazole rings is 1. The van der Waals surface area contributed by atoms with Gasteiger partial charge in [-0.2, -0.15) is 0 Å². The zero-order valence-corrected chi connectivity index (χ0v) is 28.8. The van der Waals surface area contributed by atoms with E-state index in [2.05, 4.69) is 67.4 Å². The predicted octanol–water partition coefficient (Wildman–Crippen LogP) is 10.5.